The van der Waals surface area contributed by atoms with Crippen molar-refractivity contribution in [2.45, 2.75) is 52.2 Å². The number of ether oxygens (including phenoxy) is 1. The number of rotatable bonds is 5. The highest BCUT2D eigenvalue weighted by molar-refractivity contribution is 5.76. The fourth-order valence-corrected chi connectivity index (χ4v) is 1.89. The first-order valence-corrected chi connectivity index (χ1v) is 7.37. The smallest absolute Gasteiger partial charge is 0.408 e. The predicted molar refractivity (Wildman–Crippen MR) is 86.7 cm³/mol. The van der Waals surface area contributed by atoms with E-state index in [-0.39, 0.29) is 12.5 Å². The van der Waals surface area contributed by atoms with E-state index in [4.69, 9.17) is 10.3 Å². The van der Waals surface area contributed by atoms with Crippen LogP contribution in [0.5, 0.6) is 0 Å². The van der Waals surface area contributed by atoms with Crippen molar-refractivity contribution in [2.75, 3.05) is 0 Å². The summed E-state index contributed by atoms with van der Waals surface area (Å²) in [4.78, 5) is 25.3. The minimum atomic E-state index is -0.536. The van der Waals surface area contributed by atoms with Crippen molar-refractivity contribution >= 4 is 12.0 Å². The van der Waals surface area contributed by atoms with Gasteiger partial charge >= 0.3 is 6.09 Å². The molecule has 0 aliphatic heterocycles. The molecule has 0 unspecified atom stereocenters. The minimum Gasteiger partial charge on any atom is -0.444 e. The van der Waals surface area contributed by atoms with Crippen LogP contribution in [0.4, 0.5) is 4.79 Å². The largest absolute Gasteiger partial charge is 0.444 e. The van der Waals surface area contributed by atoms with Gasteiger partial charge in [-0.15, -0.1) is 0 Å². The Morgan fingerprint density at radius 1 is 1.30 bits per heavy atom. The fourth-order valence-electron chi connectivity index (χ4n) is 1.89. The predicted octanol–water partition coefficient (Wildman–Crippen LogP) is 4.04. The van der Waals surface area contributed by atoms with Gasteiger partial charge in [-0.3, -0.25) is 4.79 Å². The Labute approximate surface area is 135 Å². The summed E-state index contributed by atoms with van der Waals surface area (Å²) in [6, 6.07) is 7.34. The fraction of sp³-hybridized carbons (Fsp3) is 0.500. The van der Waals surface area contributed by atoms with Crippen molar-refractivity contribution in [3.8, 4) is 0 Å². The van der Waals surface area contributed by atoms with Gasteiger partial charge in [0, 0.05) is 11.3 Å². The minimum absolute atomic E-state index is 0.176. The Kier molecular flexibility index (Phi) is 6.60. The number of carbonyl (C=O) groups excluding carboxylic acids is 2. The number of nitrogens with zero attached hydrogens (tertiary/aromatic N) is 3. The second-order valence-corrected chi connectivity index (χ2v) is 6.19. The molecule has 23 heavy (non-hydrogen) atoms. The number of azide groups is 1. The van der Waals surface area contributed by atoms with Crippen molar-refractivity contribution in [1.29, 1.82) is 0 Å². The molecular formula is C16H22N4O3. The van der Waals surface area contributed by atoms with Crippen LogP contribution in [-0.4, -0.2) is 17.6 Å². The molecule has 2 amide bonds. The molecule has 0 bridgehead atoms. The maximum absolute atomic E-state index is 11.7. The number of benzene rings is 1. The zero-order valence-electron chi connectivity index (χ0n) is 13.9. The third kappa shape index (κ3) is 7.33. The van der Waals surface area contributed by atoms with E-state index in [1.807, 2.05) is 52.0 Å². The highest BCUT2D eigenvalue weighted by Gasteiger charge is 2.18. The van der Waals surface area contributed by atoms with Crippen LogP contribution in [0.25, 0.3) is 10.4 Å². The van der Waals surface area contributed by atoms with E-state index < -0.39 is 17.6 Å². The van der Waals surface area contributed by atoms with Gasteiger partial charge in [-0.05, 0) is 55.9 Å². The lowest BCUT2D eigenvalue weighted by Gasteiger charge is -2.22. The number of carbonyl (C=O) groups is 2. The summed E-state index contributed by atoms with van der Waals surface area (Å²) in [5, 5.41) is 5.80. The molecule has 7 heteroatoms. The lowest BCUT2D eigenvalue weighted by Crippen LogP contribution is -2.34. The van der Waals surface area contributed by atoms with Gasteiger partial charge < -0.3 is 10.1 Å². The topological polar surface area (TPSA) is 104 Å². The van der Waals surface area contributed by atoms with E-state index in [2.05, 4.69) is 15.3 Å². The van der Waals surface area contributed by atoms with Gasteiger partial charge in [0.15, 0.2) is 0 Å². The van der Waals surface area contributed by atoms with E-state index in [9.17, 15) is 9.59 Å². The maximum Gasteiger partial charge on any atom is 0.408 e. The third-order valence-electron chi connectivity index (χ3n) is 3.00. The molecule has 0 spiro atoms. The summed E-state index contributed by atoms with van der Waals surface area (Å²) in [7, 11) is 0. The number of hydrogen-bond donors (Lipinski definition) is 1. The van der Waals surface area contributed by atoms with E-state index >= 15 is 0 Å². The molecular weight excluding hydrogens is 296 g/mol. The molecule has 0 saturated carbocycles. The second-order valence-electron chi connectivity index (χ2n) is 6.19. The molecule has 1 N–H and O–H groups in total. The van der Waals surface area contributed by atoms with Crippen LogP contribution in [-0.2, 0) is 16.0 Å². The van der Waals surface area contributed by atoms with E-state index in [0.717, 1.165) is 11.1 Å². The van der Waals surface area contributed by atoms with Gasteiger partial charge in [0.05, 0.1) is 6.04 Å². The van der Waals surface area contributed by atoms with Gasteiger partial charge in [-0.2, -0.15) is 0 Å². The Bertz CT molecular complexity index is 599. The summed E-state index contributed by atoms with van der Waals surface area (Å²) < 4.78 is 5.21. The van der Waals surface area contributed by atoms with Crippen LogP contribution in [0.2, 0.25) is 0 Å². The van der Waals surface area contributed by atoms with Crippen LogP contribution in [0.3, 0.4) is 0 Å². The molecule has 1 rings (SSSR count). The monoisotopic (exact) mass is 318 g/mol. The zero-order valence-corrected chi connectivity index (χ0v) is 13.9. The third-order valence-corrected chi connectivity index (χ3v) is 3.00. The SMILES string of the molecule is C[C@H](NC(=O)OC(C)(C)C)c1ccc(CCC(=O)N=[N+]=[N-])cc1. The molecule has 1 atom stereocenters. The van der Waals surface area contributed by atoms with Crippen LogP contribution < -0.4 is 5.32 Å². The number of amides is 2. The Morgan fingerprint density at radius 3 is 2.43 bits per heavy atom. The van der Waals surface area contributed by atoms with Crippen LogP contribution in [0.15, 0.2) is 29.4 Å². The quantitative estimate of drug-likeness (QED) is 0.503. The van der Waals surface area contributed by atoms with Gasteiger partial charge in [-0.1, -0.05) is 24.3 Å². The summed E-state index contributed by atoms with van der Waals surface area (Å²) in [6.07, 6.45) is 0.218. The second kappa shape index (κ2) is 8.19. The summed E-state index contributed by atoms with van der Waals surface area (Å²) in [5.74, 6) is -0.475. The molecule has 0 heterocycles. The van der Waals surface area contributed by atoms with Crippen LogP contribution in [0.1, 0.15) is 51.3 Å². The number of alkyl carbamates (subject to hydrolysis) is 1. The van der Waals surface area contributed by atoms with Gasteiger partial charge in [0.2, 0.25) is 5.91 Å². The van der Waals surface area contributed by atoms with Crippen LogP contribution in [0, 0.1) is 0 Å². The average molecular weight is 318 g/mol. The zero-order chi connectivity index (χ0) is 17.5. The van der Waals surface area contributed by atoms with Crippen LogP contribution >= 0.6 is 0 Å². The molecule has 0 aliphatic carbocycles. The number of aryl methyl sites for hydroxylation is 1. The summed E-state index contributed by atoms with van der Waals surface area (Å²) >= 11 is 0. The molecule has 0 saturated heterocycles. The Balaban J connectivity index is 2.57. The Hall–Kier alpha value is -2.53. The average Bonchev–Trinajstić information content (AvgIpc) is 2.44. The van der Waals surface area contributed by atoms with Crippen molar-refractivity contribution < 1.29 is 14.3 Å². The highest BCUT2D eigenvalue weighted by atomic mass is 16.6. The maximum atomic E-state index is 11.7. The molecule has 7 nitrogen and oxygen atoms in total. The first-order valence-electron chi connectivity index (χ1n) is 7.37. The number of hydrogen-bond acceptors (Lipinski definition) is 3. The molecule has 0 aliphatic rings. The highest BCUT2D eigenvalue weighted by Crippen LogP contribution is 2.16. The standard InChI is InChI=1S/C16H22N4O3/c1-11(18-15(22)23-16(2,3)4)13-8-5-12(6-9-13)7-10-14(21)19-20-17/h5-6,8-9,11H,7,10H2,1-4H3,(H,18,22)/t11-/m0/s1. The Morgan fingerprint density at radius 2 is 1.91 bits per heavy atom. The van der Waals surface area contributed by atoms with Crippen molar-refractivity contribution in [1.82, 2.24) is 5.32 Å². The summed E-state index contributed by atoms with van der Waals surface area (Å²) in [6.45, 7) is 7.29. The number of nitrogens with one attached hydrogen (secondary N) is 1. The first kappa shape index (κ1) is 18.5. The molecule has 1 aromatic rings. The molecule has 0 fully saturated rings. The summed E-state index contributed by atoms with van der Waals surface area (Å²) in [5.41, 5.74) is 9.52. The van der Waals surface area contributed by atoms with Crippen molar-refractivity contribution in [3.05, 3.63) is 45.8 Å². The normalized spacial score (nSPS) is 12.0. The first-order chi connectivity index (χ1) is 10.7. The van der Waals surface area contributed by atoms with Gasteiger partial charge in [0.1, 0.15) is 5.60 Å². The van der Waals surface area contributed by atoms with E-state index in [1.54, 1.807) is 0 Å². The lowest BCUT2D eigenvalue weighted by atomic mass is 10.0. The van der Waals surface area contributed by atoms with Gasteiger partial charge in [0.25, 0.3) is 0 Å². The molecule has 0 radical (unpaired) electrons. The molecule has 0 aromatic heterocycles. The van der Waals surface area contributed by atoms with E-state index in [1.165, 1.54) is 0 Å². The van der Waals surface area contributed by atoms with Crippen molar-refractivity contribution in [3.63, 3.8) is 0 Å². The molecule has 124 valence electrons. The van der Waals surface area contributed by atoms with Gasteiger partial charge in [-0.25, -0.2) is 4.79 Å². The van der Waals surface area contributed by atoms with Crippen molar-refractivity contribution in [2.24, 2.45) is 5.11 Å². The lowest BCUT2D eigenvalue weighted by molar-refractivity contribution is -0.117. The molecule has 1 aromatic carbocycles. The van der Waals surface area contributed by atoms with E-state index in [0.29, 0.717) is 6.42 Å².